The molecule has 1 amide bonds. The molecule has 0 aromatic carbocycles. The predicted molar refractivity (Wildman–Crippen MR) is 90.4 cm³/mol. The molecular weight excluding hydrogens is 282 g/mol. The predicted octanol–water partition coefficient (Wildman–Crippen LogP) is 2.62. The minimum atomic E-state index is 0.0508. The first-order valence-electron chi connectivity index (χ1n) is 7.65. The van der Waals surface area contributed by atoms with Crippen LogP contribution in [0.1, 0.15) is 44.0 Å². The van der Waals surface area contributed by atoms with E-state index in [4.69, 9.17) is 5.73 Å². The lowest BCUT2D eigenvalue weighted by Gasteiger charge is -2.24. The highest BCUT2D eigenvalue weighted by molar-refractivity contribution is 7.10. The van der Waals surface area contributed by atoms with Crippen LogP contribution in [0.25, 0.3) is 0 Å². The first kappa shape index (κ1) is 18.1. The molecule has 0 aliphatic rings. The molecule has 1 aromatic rings. The van der Waals surface area contributed by atoms with Crippen molar-refractivity contribution in [2.75, 3.05) is 20.6 Å². The van der Waals surface area contributed by atoms with Gasteiger partial charge >= 0.3 is 0 Å². The number of nitrogens with one attached hydrogen (secondary N) is 1. The number of carbonyl (C=O) groups is 1. The van der Waals surface area contributed by atoms with Gasteiger partial charge in [-0.25, -0.2) is 0 Å². The van der Waals surface area contributed by atoms with Crippen molar-refractivity contribution in [2.45, 2.75) is 45.2 Å². The topological polar surface area (TPSA) is 58.4 Å². The molecule has 0 fully saturated rings. The van der Waals surface area contributed by atoms with Crippen molar-refractivity contribution in [2.24, 2.45) is 11.7 Å². The van der Waals surface area contributed by atoms with Crippen molar-refractivity contribution >= 4 is 17.2 Å². The van der Waals surface area contributed by atoms with E-state index in [1.54, 1.807) is 11.3 Å². The standard InChI is InChI=1S/C16H29N3OS/c1-12(7-5-8-13(2)17)16(20)18-11-14(19(3)4)15-9-6-10-21-15/h6,9-10,12-14H,5,7-8,11,17H2,1-4H3,(H,18,20). The van der Waals surface area contributed by atoms with Crippen LogP contribution in [0.4, 0.5) is 0 Å². The molecule has 120 valence electrons. The molecule has 5 heteroatoms. The SMILES string of the molecule is CC(N)CCCC(C)C(=O)NCC(c1cccs1)N(C)C. The highest BCUT2D eigenvalue weighted by atomic mass is 32.1. The lowest BCUT2D eigenvalue weighted by molar-refractivity contribution is -0.124. The van der Waals surface area contributed by atoms with Gasteiger partial charge in [-0.05, 0) is 45.3 Å². The zero-order chi connectivity index (χ0) is 15.8. The van der Waals surface area contributed by atoms with Gasteiger partial charge in [-0.1, -0.05) is 19.4 Å². The lowest BCUT2D eigenvalue weighted by atomic mass is 10.0. The number of nitrogens with two attached hydrogens (primary N) is 1. The van der Waals surface area contributed by atoms with Gasteiger partial charge in [0.1, 0.15) is 0 Å². The van der Waals surface area contributed by atoms with Gasteiger partial charge < -0.3 is 16.0 Å². The Morgan fingerprint density at radius 2 is 2.10 bits per heavy atom. The second-order valence-corrected chi connectivity index (χ2v) is 7.03. The molecule has 3 atom stereocenters. The summed E-state index contributed by atoms with van der Waals surface area (Å²) in [6.45, 7) is 4.66. The maximum absolute atomic E-state index is 12.2. The highest BCUT2D eigenvalue weighted by Crippen LogP contribution is 2.22. The summed E-state index contributed by atoms with van der Waals surface area (Å²) in [6, 6.07) is 4.63. The third-order valence-corrected chi connectivity index (χ3v) is 4.68. The van der Waals surface area contributed by atoms with Crippen LogP contribution < -0.4 is 11.1 Å². The van der Waals surface area contributed by atoms with Gasteiger partial charge in [0.15, 0.2) is 0 Å². The monoisotopic (exact) mass is 311 g/mol. The Bertz CT molecular complexity index is 404. The summed E-state index contributed by atoms with van der Waals surface area (Å²) in [4.78, 5) is 15.6. The van der Waals surface area contributed by atoms with Gasteiger partial charge in [-0.2, -0.15) is 0 Å². The average molecular weight is 311 g/mol. The second kappa shape index (κ2) is 9.18. The van der Waals surface area contributed by atoms with Gasteiger partial charge in [0.25, 0.3) is 0 Å². The van der Waals surface area contributed by atoms with Crippen molar-refractivity contribution < 1.29 is 4.79 Å². The number of thiophene rings is 1. The Morgan fingerprint density at radius 3 is 2.62 bits per heavy atom. The summed E-state index contributed by atoms with van der Waals surface area (Å²) >= 11 is 1.73. The van der Waals surface area contributed by atoms with E-state index < -0.39 is 0 Å². The molecule has 0 spiro atoms. The molecule has 4 nitrogen and oxygen atoms in total. The number of rotatable bonds is 9. The van der Waals surface area contributed by atoms with E-state index in [0.29, 0.717) is 6.54 Å². The van der Waals surface area contributed by atoms with Crippen molar-refractivity contribution in [3.8, 4) is 0 Å². The van der Waals surface area contributed by atoms with Gasteiger partial charge in [-0.3, -0.25) is 4.79 Å². The summed E-state index contributed by atoms with van der Waals surface area (Å²) < 4.78 is 0. The van der Waals surface area contributed by atoms with E-state index in [2.05, 4.69) is 27.7 Å². The fourth-order valence-electron chi connectivity index (χ4n) is 2.27. The van der Waals surface area contributed by atoms with E-state index in [0.717, 1.165) is 19.3 Å². The van der Waals surface area contributed by atoms with Crippen LogP contribution in [-0.2, 0) is 4.79 Å². The number of nitrogens with zero attached hydrogens (tertiary/aromatic N) is 1. The van der Waals surface area contributed by atoms with E-state index in [-0.39, 0.29) is 23.9 Å². The molecule has 3 unspecified atom stereocenters. The Balaban J connectivity index is 2.39. The summed E-state index contributed by atoms with van der Waals surface area (Å²) in [6.07, 6.45) is 2.89. The summed E-state index contributed by atoms with van der Waals surface area (Å²) in [5, 5.41) is 5.16. The average Bonchev–Trinajstić information content (AvgIpc) is 2.91. The first-order valence-corrected chi connectivity index (χ1v) is 8.53. The van der Waals surface area contributed by atoms with Gasteiger partial charge in [0, 0.05) is 23.4 Å². The third-order valence-electron chi connectivity index (χ3n) is 3.71. The van der Waals surface area contributed by atoms with Gasteiger partial charge in [0.05, 0.1) is 6.04 Å². The Hall–Kier alpha value is -0.910. The largest absolute Gasteiger partial charge is 0.354 e. The minimum absolute atomic E-state index is 0.0508. The molecule has 0 saturated carbocycles. The minimum Gasteiger partial charge on any atom is -0.354 e. The number of amides is 1. The Labute approximate surface area is 132 Å². The normalized spacial score (nSPS) is 15.7. The molecular formula is C16H29N3OS. The summed E-state index contributed by atoms with van der Waals surface area (Å²) in [7, 11) is 4.09. The molecule has 1 rings (SSSR count). The fraction of sp³-hybridized carbons (Fsp3) is 0.688. The molecule has 1 heterocycles. The number of hydrogen-bond acceptors (Lipinski definition) is 4. The molecule has 0 bridgehead atoms. The number of carbonyl (C=O) groups excluding carboxylic acids is 1. The Kier molecular flexibility index (Phi) is 7.93. The van der Waals surface area contributed by atoms with Gasteiger partial charge in [-0.15, -0.1) is 11.3 Å². The van der Waals surface area contributed by atoms with Crippen LogP contribution in [0.2, 0.25) is 0 Å². The second-order valence-electron chi connectivity index (χ2n) is 6.05. The first-order chi connectivity index (χ1) is 9.91. The molecule has 1 aromatic heterocycles. The van der Waals surface area contributed by atoms with Crippen molar-refractivity contribution in [1.29, 1.82) is 0 Å². The number of likely N-dealkylation sites (N-methyl/N-ethyl adjacent to an activating group) is 1. The Morgan fingerprint density at radius 1 is 1.38 bits per heavy atom. The molecule has 0 aliphatic carbocycles. The lowest BCUT2D eigenvalue weighted by Crippen LogP contribution is -2.36. The molecule has 3 N–H and O–H groups in total. The van der Waals surface area contributed by atoms with Crippen molar-refractivity contribution in [3.05, 3.63) is 22.4 Å². The zero-order valence-electron chi connectivity index (χ0n) is 13.6. The molecule has 0 aliphatic heterocycles. The van der Waals surface area contributed by atoms with Crippen LogP contribution in [0.3, 0.4) is 0 Å². The highest BCUT2D eigenvalue weighted by Gasteiger charge is 2.18. The third kappa shape index (κ3) is 6.59. The smallest absolute Gasteiger partial charge is 0.222 e. The van der Waals surface area contributed by atoms with E-state index in [1.807, 2.05) is 27.9 Å². The van der Waals surface area contributed by atoms with Crippen LogP contribution >= 0.6 is 11.3 Å². The number of hydrogen-bond donors (Lipinski definition) is 2. The van der Waals surface area contributed by atoms with Crippen LogP contribution in [-0.4, -0.2) is 37.5 Å². The molecule has 0 saturated heterocycles. The maximum Gasteiger partial charge on any atom is 0.222 e. The van der Waals surface area contributed by atoms with E-state index in [1.165, 1.54) is 4.88 Å². The zero-order valence-corrected chi connectivity index (χ0v) is 14.5. The van der Waals surface area contributed by atoms with Crippen LogP contribution in [0.15, 0.2) is 17.5 Å². The van der Waals surface area contributed by atoms with Crippen LogP contribution in [0.5, 0.6) is 0 Å². The van der Waals surface area contributed by atoms with Crippen molar-refractivity contribution in [3.63, 3.8) is 0 Å². The van der Waals surface area contributed by atoms with Gasteiger partial charge in [0.2, 0.25) is 5.91 Å². The van der Waals surface area contributed by atoms with Crippen LogP contribution in [0, 0.1) is 5.92 Å². The quantitative estimate of drug-likeness (QED) is 0.737. The molecule has 21 heavy (non-hydrogen) atoms. The molecule has 0 radical (unpaired) electrons. The van der Waals surface area contributed by atoms with E-state index in [9.17, 15) is 4.79 Å². The van der Waals surface area contributed by atoms with E-state index >= 15 is 0 Å². The summed E-state index contributed by atoms with van der Waals surface area (Å²) in [5.41, 5.74) is 5.74. The fourth-order valence-corrected chi connectivity index (χ4v) is 3.19. The van der Waals surface area contributed by atoms with Crippen molar-refractivity contribution in [1.82, 2.24) is 10.2 Å². The maximum atomic E-state index is 12.2. The summed E-state index contributed by atoms with van der Waals surface area (Å²) in [5.74, 6) is 0.193.